The number of halogens is 2. The third-order valence-corrected chi connectivity index (χ3v) is 8.65. The summed E-state index contributed by atoms with van der Waals surface area (Å²) < 4.78 is 34.8. The van der Waals surface area contributed by atoms with Crippen molar-refractivity contribution in [1.29, 1.82) is 0 Å². The number of benzene rings is 2. The predicted octanol–water partition coefficient (Wildman–Crippen LogP) is 5.00. The van der Waals surface area contributed by atoms with E-state index < -0.39 is 17.4 Å². The number of nitrogens with two attached hydrogens (primary N) is 1. The third-order valence-electron chi connectivity index (χ3n) is 8.65. The molecule has 0 amide bonds. The molecule has 2 aliphatic heterocycles. The van der Waals surface area contributed by atoms with Crippen LogP contribution in [0.3, 0.4) is 0 Å². The molecule has 7 rings (SSSR count). The molecule has 9 nitrogen and oxygen atoms in total. The van der Waals surface area contributed by atoms with Crippen molar-refractivity contribution in [3.8, 4) is 17.3 Å². The van der Waals surface area contributed by atoms with Crippen LogP contribution in [0, 0.1) is 18.6 Å². The number of hydrogen-bond acceptors (Lipinski definition) is 7. The summed E-state index contributed by atoms with van der Waals surface area (Å²) in [5.41, 5.74) is 11.8. The summed E-state index contributed by atoms with van der Waals surface area (Å²) >= 11 is 0. The molecule has 3 aromatic heterocycles. The van der Waals surface area contributed by atoms with Gasteiger partial charge in [0.2, 0.25) is 17.4 Å². The van der Waals surface area contributed by atoms with Gasteiger partial charge in [-0.15, -0.1) is 0 Å². The maximum Gasteiger partial charge on any atom is 0.219 e. The third kappa shape index (κ3) is 4.94. The first-order valence-electron chi connectivity index (χ1n) is 14.3. The van der Waals surface area contributed by atoms with Gasteiger partial charge in [-0.1, -0.05) is 6.07 Å². The first-order valence-corrected chi connectivity index (χ1v) is 14.3. The Balaban J connectivity index is 1.11. The van der Waals surface area contributed by atoms with Gasteiger partial charge < -0.3 is 20.4 Å². The minimum Gasteiger partial charge on any atom is -0.433 e. The Labute approximate surface area is 246 Å². The van der Waals surface area contributed by atoms with Crippen molar-refractivity contribution in [3.63, 3.8) is 0 Å². The van der Waals surface area contributed by atoms with Crippen molar-refractivity contribution < 1.29 is 18.3 Å². The van der Waals surface area contributed by atoms with Crippen molar-refractivity contribution in [2.45, 2.75) is 32.4 Å². The molecule has 3 N–H and O–H groups in total. The van der Waals surface area contributed by atoms with Gasteiger partial charge in [0, 0.05) is 42.6 Å². The molecule has 43 heavy (non-hydrogen) atoms. The Bertz CT molecular complexity index is 1860. The van der Waals surface area contributed by atoms with E-state index in [1.807, 2.05) is 6.07 Å². The monoisotopic (exact) mass is 583 g/mol. The number of hydrogen-bond donors (Lipinski definition) is 2. The molecule has 1 unspecified atom stereocenters. The van der Waals surface area contributed by atoms with E-state index >= 15 is 0 Å². The number of aromatic nitrogens is 4. The molecule has 0 spiro atoms. The molecule has 1 saturated heterocycles. The Morgan fingerprint density at radius 3 is 2.65 bits per heavy atom. The van der Waals surface area contributed by atoms with Gasteiger partial charge in [-0.25, -0.2) is 18.4 Å². The fourth-order valence-electron chi connectivity index (χ4n) is 5.98. The number of carbonyl (C=O) groups is 1. The van der Waals surface area contributed by atoms with Crippen molar-refractivity contribution in [3.05, 3.63) is 94.4 Å². The van der Waals surface area contributed by atoms with Gasteiger partial charge in [-0.3, -0.25) is 9.69 Å². The van der Waals surface area contributed by atoms with Crippen LogP contribution in [0.4, 0.5) is 14.6 Å². The lowest BCUT2D eigenvalue weighted by atomic mass is 9.96. The molecule has 0 bridgehead atoms. The lowest BCUT2D eigenvalue weighted by Gasteiger charge is -2.42. The normalized spacial score (nSPS) is 17.2. The number of rotatable bonds is 7. The van der Waals surface area contributed by atoms with E-state index in [9.17, 15) is 13.6 Å². The number of anilines is 1. The van der Waals surface area contributed by atoms with Gasteiger partial charge in [0.25, 0.3) is 0 Å². The highest BCUT2D eigenvalue weighted by Crippen LogP contribution is 2.31. The summed E-state index contributed by atoms with van der Waals surface area (Å²) in [5.74, 6) is -2.32. The Morgan fingerprint density at radius 1 is 1.12 bits per heavy atom. The van der Waals surface area contributed by atoms with Crippen LogP contribution >= 0.6 is 0 Å². The number of nitrogen functional groups attached to an aromatic ring is 1. The highest BCUT2D eigenvalue weighted by atomic mass is 19.1. The molecule has 2 aromatic carbocycles. The molecular weight excluding hydrogens is 552 g/mol. The van der Waals surface area contributed by atoms with Gasteiger partial charge in [-0.05, 0) is 80.4 Å². The topological polar surface area (TPSA) is 105 Å². The Kier molecular flexibility index (Phi) is 6.71. The number of aryl methyl sites for hydroxylation is 1. The van der Waals surface area contributed by atoms with Crippen LogP contribution in [0.15, 0.2) is 54.9 Å². The molecule has 5 aromatic rings. The first kappa shape index (κ1) is 27.2. The lowest BCUT2D eigenvalue weighted by Crippen LogP contribution is -2.51. The van der Waals surface area contributed by atoms with Crippen LogP contribution < -0.4 is 10.5 Å². The number of ether oxygens (including phenoxy) is 1. The van der Waals surface area contributed by atoms with E-state index in [0.29, 0.717) is 23.0 Å². The van der Waals surface area contributed by atoms with E-state index in [-0.39, 0.29) is 23.0 Å². The summed E-state index contributed by atoms with van der Waals surface area (Å²) in [6, 6.07) is 11.8. The maximum atomic E-state index is 14.0. The smallest absolute Gasteiger partial charge is 0.219 e. The summed E-state index contributed by atoms with van der Waals surface area (Å²) in [5, 5.41) is 5.33. The molecule has 220 valence electrons. The molecule has 11 heteroatoms. The van der Waals surface area contributed by atoms with E-state index in [2.05, 4.69) is 44.0 Å². The van der Waals surface area contributed by atoms with Gasteiger partial charge in [0.05, 0.1) is 29.3 Å². The number of H-pyrrole nitrogens is 1. The van der Waals surface area contributed by atoms with E-state index in [0.717, 1.165) is 49.1 Å². The highest BCUT2D eigenvalue weighted by Gasteiger charge is 2.28. The molecule has 0 aliphatic carbocycles. The molecule has 2 aliphatic rings. The van der Waals surface area contributed by atoms with Gasteiger partial charge >= 0.3 is 0 Å². The zero-order chi connectivity index (χ0) is 29.8. The number of likely N-dealkylation sites (tertiary alicyclic amines) is 1. The zero-order valence-corrected chi connectivity index (χ0v) is 23.9. The minimum absolute atomic E-state index is 0.00606. The second-order valence-corrected chi connectivity index (χ2v) is 11.4. The number of pyridine rings is 1. The SMILES string of the molecule is Cc1cc(Oc2c(F)cccc2F)ncc1-n1ncc(C(=O)c2cc3cc4c(cc3[nH]2)CCN(CC2CCN2C)C4)c1N. The van der Waals surface area contributed by atoms with Crippen molar-refractivity contribution in [2.24, 2.45) is 0 Å². The molecule has 1 fully saturated rings. The van der Waals surface area contributed by atoms with Crippen LogP contribution in [0.1, 0.15) is 39.2 Å². The fourth-order valence-corrected chi connectivity index (χ4v) is 5.98. The fraction of sp³-hybridized carbons (Fsp3) is 0.281. The zero-order valence-electron chi connectivity index (χ0n) is 23.9. The number of para-hydroxylation sites is 1. The number of fused-ring (bicyclic) bond motifs is 2. The van der Waals surface area contributed by atoms with Crippen LogP contribution in [0.5, 0.6) is 11.6 Å². The number of aromatic amines is 1. The van der Waals surface area contributed by atoms with Gasteiger partial charge in [0.1, 0.15) is 5.82 Å². The van der Waals surface area contributed by atoms with Crippen molar-refractivity contribution in [2.75, 3.05) is 32.4 Å². The van der Waals surface area contributed by atoms with Crippen molar-refractivity contribution >= 4 is 22.5 Å². The van der Waals surface area contributed by atoms with E-state index in [1.165, 1.54) is 53.3 Å². The molecule has 0 radical (unpaired) electrons. The van der Waals surface area contributed by atoms with E-state index in [1.54, 1.807) is 6.92 Å². The number of carbonyl (C=O) groups excluding carboxylic acids is 1. The summed E-state index contributed by atoms with van der Waals surface area (Å²) in [4.78, 5) is 26.0. The standard InChI is InChI=1S/C32H31F2N7O2/c1-18-10-29(43-31-24(33)4-3-5-25(31)34)36-15-28(18)41-32(35)23(14-37-41)30(42)27-13-20-11-21-16-40(17-22-7-8-39(22)2)9-6-19(21)12-26(20)38-27/h3-5,10-15,22,38H,6-9,16-17,35H2,1-2H3. The summed E-state index contributed by atoms with van der Waals surface area (Å²) in [6.07, 6.45) is 5.10. The second kappa shape index (κ2) is 10.6. The first-order chi connectivity index (χ1) is 20.7. The minimum atomic E-state index is -0.834. The van der Waals surface area contributed by atoms with Crippen LogP contribution in [0.2, 0.25) is 0 Å². The molecule has 0 saturated carbocycles. The van der Waals surface area contributed by atoms with Crippen molar-refractivity contribution in [1.82, 2.24) is 29.5 Å². The Morgan fingerprint density at radius 2 is 1.93 bits per heavy atom. The molecule has 1 atom stereocenters. The largest absolute Gasteiger partial charge is 0.433 e. The lowest BCUT2D eigenvalue weighted by molar-refractivity contribution is 0.0772. The van der Waals surface area contributed by atoms with Crippen LogP contribution in [0.25, 0.3) is 16.6 Å². The predicted molar refractivity (Wildman–Crippen MR) is 159 cm³/mol. The Hall–Kier alpha value is -4.61. The van der Waals surface area contributed by atoms with Gasteiger partial charge in [-0.2, -0.15) is 5.10 Å². The maximum absolute atomic E-state index is 14.0. The van der Waals surface area contributed by atoms with Crippen LogP contribution in [-0.2, 0) is 13.0 Å². The summed E-state index contributed by atoms with van der Waals surface area (Å²) in [6.45, 7) is 5.97. The second-order valence-electron chi connectivity index (χ2n) is 11.4. The summed E-state index contributed by atoms with van der Waals surface area (Å²) in [7, 11) is 2.19. The average Bonchev–Trinajstić information content (AvgIpc) is 3.58. The number of nitrogens with one attached hydrogen (secondary N) is 1. The highest BCUT2D eigenvalue weighted by molar-refractivity contribution is 6.12. The number of likely N-dealkylation sites (N-methyl/N-ethyl adjacent to an activating group) is 1. The van der Waals surface area contributed by atoms with Crippen LogP contribution in [-0.4, -0.2) is 68.1 Å². The van der Waals surface area contributed by atoms with E-state index in [4.69, 9.17) is 10.5 Å². The van der Waals surface area contributed by atoms with Gasteiger partial charge in [0.15, 0.2) is 11.6 Å². The number of ketones is 1. The quantitative estimate of drug-likeness (QED) is 0.260. The molecular formula is C32H31F2N7O2. The molecule has 5 heterocycles. The average molecular weight is 584 g/mol. The number of nitrogens with zero attached hydrogens (tertiary/aromatic N) is 5.